The molecule has 1 aromatic rings. The molecule has 1 aliphatic heterocycles. The Morgan fingerprint density at radius 1 is 1.82 bits per heavy atom. The SMILES string of the molecule is Cc1ncc([N+](=O)[O-])n1C[C@@H]1COP(=O)(O)O1. The summed E-state index contributed by atoms with van der Waals surface area (Å²) in [6.45, 7) is 1.57. The quantitative estimate of drug-likeness (QED) is 0.482. The first kappa shape index (κ1) is 12.2. The Hall–Kier alpha value is -1.28. The van der Waals surface area contributed by atoms with Crippen molar-refractivity contribution in [2.24, 2.45) is 0 Å². The smallest absolute Gasteiger partial charge is 0.358 e. The molecule has 1 unspecified atom stereocenters. The highest BCUT2D eigenvalue weighted by Crippen LogP contribution is 2.49. The van der Waals surface area contributed by atoms with Crippen molar-refractivity contribution in [2.75, 3.05) is 6.61 Å². The Labute approximate surface area is 95.7 Å². The molecule has 2 rings (SSSR count). The van der Waals surface area contributed by atoms with Gasteiger partial charge in [0.2, 0.25) is 0 Å². The van der Waals surface area contributed by atoms with E-state index in [2.05, 4.69) is 9.51 Å². The first-order valence-corrected chi connectivity index (χ1v) is 6.21. The molecular formula is C7H10N3O6P. The lowest BCUT2D eigenvalue weighted by molar-refractivity contribution is -0.392. The number of nitro groups is 1. The zero-order valence-corrected chi connectivity index (χ0v) is 9.74. The van der Waals surface area contributed by atoms with Crippen molar-refractivity contribution >= 4 is 13.6 Å². The van der Waals surface area contributed by atoms with Gasteiger partial charge in [-0.2, -0.15) is 0 Å². The number of phosphoric ester groups is 1. The van der Waals surface area contributed by atoms with Gasteiger partial charge in [0.05, 0.1) is 6.61 Å². The highest BCUT2D eigenvalue weighted by atomic mass is 31.2. The minimum absolute atomic E-state index is 0.0483. The average Bonchev–Trinajstić information content (AvgIpc) is 2.72. The summed E-state index contributed by atoms with van der Waals surface area (Å²) in [6.07, 6.45) is 0.432. The Morgan fingerprint density at radius 3 is 3.06 bits per heavy atom. The number of imidazole rings is 1. The van der Waals surface area contributed by atoms with Gasteiger partial charge in [-0.1, -0.05) is 0 Å². The van der Waals surface area contributed by atoms with Gasteiger partial charge < -0.3 is 15.0 Å². The number of rotatable bonds is 3. The Bertz CT molecular complexity index is 500. The predicted octanol–water partition coefficient (Wildman–Crippen LogP) is 0.616. The lowest BCUT2D eigenvalue weighted by Crippen LogP contribution is -2.19. The number of phosphoric acid groups is 1. The lowest BCUT2D eigenvalue weighted by Gasteiger charge is -2.07. The fraction of sp³-hybridized carbons (Fsp3) is 0.571. The summed E-state index contributed by atoms with van der Waals surface area (Å²) in [5, 5.41) is 10.7. The molecule has 0 saturated carbocycles. The van der Waals surface area contributed by atoms with Crippen LogP contribution < -0.4 is 0 Å². The van der Waals surface area contributed by atoms with Crippen molar-refractivity contribution in [1.29, 1.82) is 0 Å². The van der Waals surface area contributed by atoms with E-state index < -0.39 is 18.8 Å². The topological polar surface area (TPSA) is 117 Å². The molecule has 0 bridgehead atoms. The summed E-state index contributed by atoms with van der Waals surface area (Å²) in [5.41, 5.74) is 0. The van der Waals surface area contributed by atoms with Gasteiger partial charge in [0.15, 0.2) is 5.82 Å². The first-order valence-electron chi connectivity index (χ1n) is 4.71. The van der Waals surface area contributed by atoms with Crippen LogP contribution >= 0.6 is 7.82 Å². The van der Waals surface area contributed by atoms with E-state index in [1.54, 1.807) is 6.92 Å². The highest BCUT2D eigenvalue weighted by Gasteiger charge is 2.37. The van der Waals surface area contributed by atoms with Crippen molar-refractivity contribution in [1.82, 2.24) is 9.55 Å². The fourth-order valence-corrected chi connectivity index (χ4v) is 2.46. The molecule has 17 heavy (non-hydrogen) atoms. The first-order chi connectivity index (χ1) is 7.89. The predicted molar refractivity (Wildman–Crippen MR) is 54.3 cm³/mol. The minimum Gasteiger partial charge on any atom is -0.358 e. The van der Waals surface area contributed by atoms with Crippen LogP contribution in [-0.2, 0) is 20.2 Å². The molecule has 0 aliphatic carbocycles. The second-order valence-corrected chi connectivity index (χ2v) is 4.93. The van der Waals surface area contributed by atoms with E-state index in [9.17, 15) is 14.7 Å². The van der Waals surface area contributed by atoms with Gasteiger partial charge in [0, 0.05) is 6.92 Å². The molecule has 1 aromatic heterocycles. The molecule has 10 heteroatoms. The van der Waals surface area contributed by atoms with Crippen LogP contribution in [0.2, 0.25) is 0 Å². The monoisotopic (exact) mass is 263 g/mol. The van der Waals surface area contributed by atoms with E-state index in [0.29, 0.717) is 5.82 Å². The largest absolute Gasteiger partial charge is 0.472 e. The Kier molecular flexibility index (Phi) is 3.00. The zero-order chi connectivity index (χ0) is 12.6. The van der Waals surface area contributed by atoms with Gasteiger partial charge in [-0.25, -0.2) is 14.1 Å². The van der Waals surface area contributed by atoms with Crippen molar-refractivity contribution in [2.45, 2.75) is 19.6 Å². The standard InChI is InChI=1S/C7H10N3O6P/c1-5-8-2-7(10(11)12)9(5)3-6-4-15-17(13,14)16-6/h2,6H,3-4H2,1H3,(H,13,14)/t6-/m1/s1. The van der Waals surface area contributed by atoms with E-state index in [0.717, 1.165) is 6.20 Å². The normalized spacial score (nSPS) is 28.5. The highest BCUT2D eigenvalue weighted by molar-refractivity contribution is 7.47. The maximum Gasteiger partial charge on any atom is 0.472 e. The third-order valence-corrected chi connectivity index (χ3v) is 3.35. The van der Waals surface area contributed by atoms with E-state index in [1.807, 2.05) is 0 Å². The van der Waals surface area contributed by atoms with Crippen molar-refractivity contribution in [3.05, 3.63) is 22.1 Å². The summed E-state index contributed by atoms with van der Waals surface area (Å²) in [6, 6.07) is 0. The van der Waals surface area contributed by atoms with E-state index >= 15 is 0 Å². The second kappa shape index (κ2) is 4.19. The van der Waals surface area contributed by atoms with E-state index in [4.69, 9.17) is 9.42 Å². The van der Waals surface area contributed by atoms with E-state index in [1.165, 1.54) is 4.57 Å². The Balaban J connectivity index is 2.17. The minimum atomic E-state index is -3.98. The van der Waals surface area contributed by atoms with Crippen LogP contribution in [0.4, 0.5) is 5.82 Å². The molecular weight excluding hydrogens is 253 g/mol. The molecule has 0 aromatic carbocycles. The maximum atomic E-state index is 11.0. The van der Waals surface area contributed by atoms with Crippen LogP contribution in [0, 0.1) is 17.0 Å². The van der Waals surface area contributed by atoms with Gasteiger partial charge >= 0.3 is 13.6 Å². The maximum absolute atomic E-state index is 11.0. The van der Waals surface area contributed by atoms with Crippen LogP contribution in [0.25, 0.3) is 0 Å². The molecule has 0 spiro atoms. The average molecular weight is 263 g/mol. The van der Waals surface area contributed by atoms with Crippen LogP contribution in [0.15, 0.2) is 6.20 Å². The number of hydrogen-bond donors (Lipinski definition) is 1. The lowest BCUT2D eigenvalue weighted by atomic mass is 10.3. The van der Waals surface area contributed by atoms with Crippen molar-refractivity contribution < 1.29 is 23.4 Å². The van der Waals surface area contributed by atoms with Crippen LogP contribution in [0.5, 0.6) is 0 Å². The molecule has 2 atom stereocenters. The summed E-state index contributed by atoms with van der Waals surface area (Å²) >= 11 is 0. The molecule has 0 radical (unpaired) electrons. The third kappa shape index (κ3) is 2.52. The Morgan fingerprint density at radius 2 is 2.53 bits per heavy atom. The molecule has 1 saturated heterocycles. The summed E-state index contributed by atoms with van der Waals surface area (Å²) in [5.74, 6) is 0.241. The van der Waals surface area contributed by atoms with Crippen molar-refractivity contribution in [3.63, 3.8) is 0 Å². The van der Waals surface area contributed by atoms with Crippen molar-refractivity contribution in [3.8, 4) is 0 Å². The molecule has 1 aliphatic rings. The molecule has 94 valence electrons. The molecule has 1 N–H and O–H groups in total. The number of aromatic nitrogens is 2. The zero-order valence-electron chi connectivity index (χ0n) is 8.85. The summed E-state index contributed by atoms with van der Waals surface area (Å²) in [4.78, 5) is 22.9. The summed E-state index contributed by atoms with van der Waals surface area (Å²) < 4.78 is 21.6. The number of hydrogen-bond acceptors (Lipinski definition) is 6. The van der Waals surface area contributed by atoms with Gasteiger partial charge in [-0.15, -0.1) is 0 Å². The molecule has 9 nitrogen and oxygen atoms in total. The fourth-order valence-electron chi connectivity index (χ4n) is 1.54. The van der Waals surface area contributed by atoms with Crippen LogP contribution in [-0.4, -0.2) is 32.1 Å². The second-order valence-electron chi connectivity index (χ2n) is 3.52. The van der Waals surface area contributed by atoms with Gasteiger partial charge in [-0.05, 0) is 4.92 Å². The number of aryl methyl sites for hydroxylation is 1. The molecule has 0 amide bonds. The molecule has 2 heterocycles. The van der Waals surface area contributed by atoms with E-state index in [-0.39, 0.29) is 19.0 Å². The third-order valence-electron chi connectivity index (χ3n) is 2.31. The van der Waals surface area contributed by atoms with Gasteiger partial charge in [-0.3, -0.25) is 9.05 Å². The van der Waals surface area contributed by atoms with Crippen LogP contribution in [0.3, 0.4) is 0 Å². The number of nitrogens with zero attached hydrogens (tertiary/aromatic N) is 3. The van der Waals surface area contributed by atoms with Crippen LogP contribution in [0.1, 0.15) is 5.82 Å². The molecule has 1 fully saturated rings. The summed E-state index contributed by atoms with van der Waals surface area (Å²) in [7, 11) is -3.98. The van der Waals surface area contributed by atoms with Gasteiger partial charge in [0.1, 0.15) is 18.8 Å². The van der Waals surface area contributed by atoms with Gasteiger partial charge in [0.25, 0.3) is 0 Å².